The molecule has 1 aromatic rings. The highest BCUT2D eigenvalue weighted by molar-refractivity contribution is 5.96. The summed E-state index contributed by atoms with van der Waals surface area (Å²) in [7, 11) is 0. The predicted octanol–water partition coefficient (Wildman–Crippen LogP) is -0.00640. The number of pyridine rings is 1. The lowest BCUT2D eigenvalue weighted by Gasteiger charge is -2.04. The van der Waals surface area contributed by atoms with E-state index in [0.29, 0.717) is 6.07 Å². The fraction of sp³-hybridized carbons (Fsp3) is 0.143. The third-order valence-corrected chi connectivity index (χ3v) is 1.56. The van der Waals surface area contributed by atoms with Crippen molar-refractivity contribution in [3.63, 3.8) is 0 Å². The molecule has 0 bridgehead atoms. The number of aromatic nitrogens is 1. The number of carbonyl (C=O) groups is 1. The summed E-state index contributed by atoms with van der Waals surface area (Å²) in [6.45, 7) is 0. The van der Waals surface area contributed by atoms with Crippen molar-refractivity contribution < 1.29 is 13.6 Å². The molecule has 1 aromatic heterocycles. The number of hydrogen-bond acceptors (Lipinski definition) is 3. The number of hydrogen-bond donors (Lipinski definition) is 3. The van der Waals surface area contributed by atoms with Gasteiger partial charge in [0.2, 0.25) is 0 Å². The van der Waals surface area contributed by atoms with Gasteiger partial charge in [0.05, 0.1) is 5.69 Å². The smallest absolute Gasteiger partial charge is 0.278 e. The van der Waals surface area contributed by atoms with Crippen molar-refractivity contribution in [1.82, 2.24) is 4.98 Å². The predicted molar refractivity (Wildman–Crippen MR) is 44.9 cm³/mol. The first kappa shape index (κ1) is 10.2. The minimum absolute atomic E-state index is 0.444. The highest BCUT2D eigenvalue weighted by Gasteiger charge is 2.16. The molecule has 0 saturated heterocycles. The first-order valence-corrected chi connectivity index (χ1v) is 3.54. The van der Waals surface area contributed by atoms with Gasteiger partial charge in [0.15, 0.2) is 5.43 Å². The van der Waals surface area contributed by atoms with Crippen molar-refractivity contribution >= 4 is 11.7 Å². The second kappa shape index (κ2) is 3.44. The molecule has 0 aromatic carbocycles. The Morgan fingerprint density at radius 1 is 1.50 bits per heavy atom. The fourth-order valence-electron chi connectivity index (χ4n) is 0.972. The highest BCUT2D eigenvalue weighted by Crippen LogP contribution is 2.16. The van der Waals surface area contributed by atoms with Gasteiger partial charge in [-0.15, -0.1) is 0 Å². The molecule has 5 N–H and O–H groups in total. The van der Waals surface area contributed by atoms with E-state index in [1.54, 1.807) is 0 Å². The molecule has 0 atom stereocenters. The van der Waals surface area contributed by atoms with Gasteiger partial charge >= 0.3 is 0 Å². The van der Waals surface area contributed by atoms with Crippen LogP contribution in [0.4, 0.5) is 14.6 Å². The molecule has 0 spiro atoms. The van der Waals surface area contributed by atoms with Crippen LogP contribution in [0.15, 0.2) is 10.9 Å². The number of nitrogens with one attached hydrogen (secondary N) is 1. The van der Waals surface area contributed by atoms with Gasteiger partial charge in [0.25, 0.3) is 12.3 Å². The van der Waals surface area contributed by atoms with Crippen LogP contribution in [0.2, 0.25) is 0 Å². The van der Waals surface area contributed by atoms with E-state index in [-0.39, 0.29) is 0 Å². The maximum absolute atomic E-state index is 12.1. The lowest BCUT2D eigenvalue weighted by molar-refractivity contribution is 0.0999. The fourth-order valence-corrected chi connectivity index (χ4v) is 0.972. The maximum Gasteiger partial charge on any atom is 0.278 e. The van der Waals surface area contributed by atoms with E-state index in [0.717, 1.165) is 0 Å². The molecular formula is C7H7F2N3O2. The van der Waals surface area contributed by atoms with Crippen molar-refractivity contribution in [1.29, 1.82) is 0 Å². The second-order valence-electron chi connectivity index (χ2n) is 2.54. The number of amides is 1. The summed E-state index contributed by atoms with van der Waals surface area (Å²) in [5.74, 6) is -1.50. The molecule has 0 aliphatic heterocycles. The molecule has 0 aliphatic rings. The molecule has 0 radical (unpaired) electrons. The van der Waals surface area contributed by atoms with Gasteiger partial charge in [-0.05, 0) is 0 Å². The van der Waals surface area contributed by atoms with E-state index < -0.39 is 34.8 Å². The third-order valence-electron chi connectivity index (χ3n) is 1.56. The molecular weight excluding hydrogens is 196 g/mol. The van der Waals surface area contributed by atoms with Crippen LogP contribution in [0.5, 0.6) is 0 Å². The average Bonchev–Trinajstić information content (AvgIpc) is 2.01. The number of nitrogen functional groups attached to an aromatic ring is 1. The number of aromatic amines is 1. The largest absolute Gasteiger partial charge is 0.384 e. The Kier molecular flexibility index (Phi) is 2.50. The van der Waals surface area contributed by atoms with Crippen molar-refractivity contribution in [2.24, 2.45) is 5.73 Å². The van der Waals surface area contributed by atoms with E-state index >= 15 is 0 Å². The van der Waals surface area contributed by atoms with Gasteiger partial charge < -0.3 is 16.5 Å². The Hall–Kier alpha value is -1.92. The molecule has 1 amide bonds. The van der Waals surface area contributed by atoms with Crippen LogP contribution in [-0.4, -0.2) is 10.9 Å². The number of alkyl halides is 2. The second-order valence-corrected chi connectivity index (χ2v) is 2.54. The van der Waals surface area contributed by atoms with Crippen LogP contribution in [0.1, 0.15) is 22.5 Å². The molecule has 1 heterocycles. The van der Waals surface area contributed by atoms with Gasteiger partial charge in [0, 0.05) is 6.07 Å². The monoisotopic (exact) mass is 203 g/mol. The summed E-state index contributed by atoms with van der Waals surface area (Å²) >= 11 is 0. The number of carbonyl (C=O) groups excluding carboxylic acids is 1. The van der Waals surface area contributed by atoms with Crippen molar-refractivity contribution in [3.05, 3.63) is 27.5 Å². The zero-order valence-electron chi connectivity index (χ0n) is 6.88. The minimum Gasteiger partial charge on any atom is -0.384 e. The topological polar surface area (TPSA) is 102 Å². The quantitative estimate of drug-likeness (QED) is 0.630. The lowest BCUT2D eigenvalue weighted by atomic mass is 10.2. The van der Waals surface area contributed by atoms with Crippen LogP contribution in [0, 0.1) is 0 Å². The van der Waals surface area contributed by atoms with Crippen molar-refractivity contribution in [2.75, 3.05) is 5.73 Å². The zero-order valence-corrected chi connectivity index (χ0v) is 6.88. The Morgan fingerprint density at radius 3 is 2.43 bits per heavy atom. The van der Waals surface area contributed by atoms with Crippen LogP contribution >= 0.6 is 0 Å². The number of halogens is 2. The minimum atomic E-state index is -2.85. The molecule has 14 heavy (non-hydrogen) atoms. The Morgan fingerprint density at radius 2 is 2.07 bits per heavy atom. The van der Waals surface area contributed by atoms with Crippen LogP contribution in [0.3, 0.4) is 0 Å². The molecule has 1 rings (SSSR count). The zero-order chi connectivity index (χ0) is 10.9. The Balaban J connectivity index is 3.40. The maximum atomic E-state index is 12.1. The van der Waals surface area contributed by atoms with E-state index in [4.69, 9.17) is 11.5 Å². The summed E-state index contributed by atoms with van der Waals surface area (Å²) < 4.78 is 24.2. The van der Waals surface area contributed by atoms with E-state index in [1.807, 2.05) is 4.98 Å². The molecule has 7 heteroatoms. The number of primary amides is 1. The SMILES string of the molecule is NC(=O)c1c(N)[nH]c(C(F)F)cc1=O. The third kappa shape index (κ3) is 1.70. The molecule has 5 nitrogen and oxygen atoms in total. The summed E-state index contributed by atoms with van der Waals surface area (Å²) in [4.78, 5) is 23.8. The molecule has 76 valence electrons. The van der Waals surface area contributed by atoms with E-state index in [9.17, 15) is 18.4 Å². The van der Waals surface area contributed by atoms with Gasteiger partial charge in [-0.25, -0.2) is 8.78 Å². The first-order chi connectivity index (χ1) is 6.43. The van der Waals surface area contributed by atoms with Gasteiger partial charge in [-0.2, -0.15) is 0 Å². The van der Waals surface area contributed by atoms with E-state index in [1.165, 1.54) is 0 Å². The van der Waals surface area contributed by atoms with Crippen LogP contribution in [0.25, 0.3) is 0 Å². The number of nitrogens with two attached hydrogens (primary N) is 2. The van der Waals surface area contributed by atoms with Crippen LogP contribution < -0.4 is 16.9 Å². The number of anilines is 1. The van der Waals surface area contributed by atoms with Crippen molar-refractivity contribution in [3.8, 4) is 0 Å². The Labute approximate surface area is 76.7 Å². The van der Waals surface area contributed by atoms with E-state index in [2.05, 4.69) is 0 Å². The van der Waals surface area contributed by atoms with Gasteiger partial charge in [-0.3, -0.25) is 9.59 Å². The summed E-state index contributed by atoms with van der Waals surface area (Å²) in [6.07, 6.45) is -2.85. The molecule has 0 aliphatic carbocycles. The summed E-state index contributed by atoms with van der Waals surface area (Å²) in [5, 5.41) is 0. The standard InChI is InChI=1S/C7H7F2N3O2/c8-5(9)2-1-3(13)4(7(11)14)6(10)12-2/h1,5H,(H2,11,14)(H3,10,12,13). The van der Waals surface area contributed by atoms with Gasteiger partial charge in [-0.1, -0.05) is 0 Å². The first-order valence-electron chi connectivity index (χ1n) is 3.54. The average molecular weight is 203 g/mol. The summed E-state index contributed by atoms with van der Waals surface area (Å²) in [5.41, 5.74) is 7.93. The molecule has 0 unspecified atom stereocenters. The number of rotatable bonds is 2. The number of H-pyrrole nitrogens is 1. The van der Waals surface area contributed by atoms with Gasteiger partial charge in [0.1, 0.15) is 11.4 Å². The normalized spacial score (nSPS) is 10.5. The lowest BCUT2D eigenvalue weighted by Crippen LogP contribution is -2.25. The highest BCUT2D eigenvalue weighted by atomic mass is 19.3. The molecule has 0 fully saturated rings. The summed E-state index contributed by atoms with van der Waals surface area (Å²) in [6, 6.07) is 0.598. The van der Waals surface area contributed by atoms with Crippen molar-refractivity contribution in [2.45, 2.75) is 6.43 Å². The Bertz CT molecular complexity index is 427. The van der Waals surface area contributed by atoms with Crippen LogP contribution in [-0.2, 0) is 0 Å². The molecule has 0 saturated carbocycles.